The van der Waals surface area contributed by atoms with Crippen molar-refractivity contribution in [1.82, 2.24) is 15.0 Å². The number of anilines is 2. The predicted molar refractivity (Wildman–Crippen MR) is 72.6 cm³/mol. The summed E-state index contributed by atoms with van der Waals surface area (Å²) >= 11 is 0. The summed E-state index contributed by atoms with van der Waals surface area (Å²) in [5.41, 5.74) is 0. The number of methoxy groups -OCH3 is 1. The van der Waals surface area contributed by atoms with Crippen LogP contribution in [0, 0.1) is 0 Å². The van der Waals surface area contributed by atoms with Gasteiger partial charge < -0.3 is 20.1 Å². The van der Waals surface area contributed by atoms with Crippen molar-refractivity contribution in [1.29, 1.82) is 0 Å². The van der Waals surface area contributed by atoms with Gasteiger partial charge in [-0.2, -0.15) is 15.0 Å². The third-order valence-electron chi connectivity index (χ3n) is 3.06. The van der Waals surface area contributed by atoms with Crippen molar-refractivity contribution in [2.45, 2.75) is 31.8 Å². The molecule has 0 radical (unpaired) electrons. The van der Waals surface area contributed by atoms with Crippen LogP contribution in [0.2, 0.25) is 0 Å². The molecule has 1 saturated carbocycles. The number of aromatic nitrogens is 3. The minimum absolute atomic E-state index is 0.290. The number of nitrogens with one attached hydrogen (secondary N) is 2. The molecule has 1 heterocycles. The average Bonchev–Trinajstić information content (AvgIpc) is 2.96. The van der Waals surface area contributed by atoms with Gasteiger partial charge in [0, 0.05) is 13.6 Å². The zero-order valence-corrected chi connectivity index (χ0v) is 11.5. The Balaban J connectivity index is 1.77. The molecular formula is C12H21N5O2. The highest BCUT2D eigenvalue weighted by Gasteiger charge is 2.14. The molecule has 0 aromatic carbocycles. The fourth-order valence-corrected chi connectivity index (χ4v) is 2.08. The monoisotopic (exact) mass is 267 g/mol. The van der Waals surface area contributed by atoms with E-state index in [2.05, 4.69) is 25.6 Å². The van der Waals surface area contributed by atoms with E-state index in [1.807, 2.05) is 0 Å². The van der Waals surface area contributed by atoms with Crippen LogP contribution in [-0.4, -0.2) is 48.4 Å². The molecule has 0 saturated heterocycles. The van der Waals surface area contributed by atoms with Gasteiger partial charge in [-0.15, -0.1) is 0 Å². The molecule has 0 unspecified atom stereocenters. The summed E-state index contributed by atoms with van der Waals surface area (Å²) in [6, 6.07) is 0.290. The summed E-state index contributed by atoms with van der Waals surface area (Å²) in [4.78, 5) is 12.3. The van der Waals surface area contributed by atoms with Gasteiger partial charge in [0.15, 0.2) is 0 Å². The molecule has 2 N–H and O–H groups in total. The van der Waals surface area contributed by atoms with E-state index in [0.717, 1.165) is 0 Å². The number of nitrogens with zero attached hydrogens (tertiary/aromatic N) is 3. The fourth-order valence-electron chi connectivity index (χ4n) is 2.08. The Hall–Kier alpha value is -1.63. The van der Waals surface area contributed by atoms with Crippen molar-refractivity contribution in [2.24, 2.45) is 0 Å². The molecule has 1 aromatic heterocycles. The minimum atomic E-state index is 0.290. The van der Waals surface area contributed by atoms with Crippen LogP contribution in [0.1, 0.15) is 25.7 Å². The summed E-state index contributed by atoms with van der Waals surface area (Å²) in [5.74, 6) is 0.970. The highest BCUT2D eigenvalue weighted by Crippen LogP contribution is 2.20. The van der Waals surface area contributed by atoms with Crippen molar-refractivity contribution in [2.75, 3.05) is 37.9 Å². The van der Waals surface area contributed by atoms with E-state index >= 15 is 0 Å². The number of hydrogen-bond acceptors (Lipinski definition) is 7. The van der Waals surface area contributed by atoms with Crippen molar-refractivity contribution in [3.63, 3.8) is 0 Å². The topological polar surface area (TPSA) is 81.2 Å². The molecular weight excluding hydrogens is 246 g/mol. The SMILES string of the molecule is CNc1nc(NCCOC2CCCC2)nc(OC)n1. The largest absolute Gasteiger partial charge is 0.467 e. The molecule has 0 atom stereocenters. The Labute approximate surface area is 113 Å². The molecule has 1 fully saturated rings. The minimum Gasteiger partial charge on any atom is -0.467 e. The lowest BCUT2D eigenvalue weighted by Crippen LogP contribution is -2.17. The quantitative estimate of drug-likeness (QED) is 0.720. The highest BCUT2D eigenvalue weighted by atomic mass is 16.5. The van der Waals surface area contributed by atoms with Crippen molar-refractivity contribution in [3.05, 3.63) is 0 Å². The van der Waals surface area contributed by atoms with E-state index in [1.165, 1.54) is 32.8 Å². The second kappa shape index (κ2) is 7.08. The van der Waals surface area contributed by atoms with E-state index < -0.39 is 0 Å². The normalized spacial score (nSPS) is 15.5. The smallest absolute Gasteiger partial charge is 0.322 e. The summed E-state index contributed by atoms with van der Waals surface area (Å²) < 4.78 is 10.8. The van der Waals surface area contributed by atoms with Gasteiger partial charge in [0.2, 0.25) is 11.9 Å². The molecule has 0 spiro atoms. The van der Waals surface area contributed by atoms with Crippen LogP contribution in [0.5, 0.6) is 6.01 Å². The predicted octanol–water partition coefficient (Wildman–Crippen LogP) is 1.29. The first-order valence-electron chi connectivity index (χ1n) is 6.65. The van der Waals surface area contributed by atoms with E-state index in [9.17, 15) is 0 Å². The van der Waals surface area contributed by atoms with Crippen molar-refractivity contribution < 1.29 is 9.47 Å². The van der Waals surface area contributed by atoms with Crippen LogP contribution in [-0.2, 0) is 4.74 Å². The fraction of sp³-hybridized carbons (Fsp3) is 0.750. The molecule has 2 rings (SSSR count). The second-order valence-corrected chi connectivity index (χ2v) is 4.42. The molecule has 7 nitrogen and oxygen atoms in total. The van der Waals surface area contributed by atoms with Crippen LogP contribution in [0.4, 0.5) is 11.9 Å². The average molecular weight is 267 g/mol. The van der Waals surface area contributed by atoms with E-state index in [0.29, 0.717) is 37.2 Å². The van der Waals surface area contributed by atoms with Gasteiger partial charge in [-0.1, -0.05) is 12.8 Å². The Morgan fingerprint density at radius 2 is 1.89 bits per heavy atom. The van der Waals surface area contributed by atoms with Gasteiger partial charge in [0.1, 0.15) is 0 Å². The Kier molecular flexibility index (Phi) is 5.14. The van der Waals surface area contributed by atoms with Crippen LogP contribution >= 0.6 is 0 Å². The summed E-state index contributed by atoms with van der Waals surface area (Å²) in [6.07, 6.45) is 5.37. The molecule has 1 aliphatic carbocycles. The zero-order chi connectivity index (χ0) is 13.5. The van der Waals surface area contributed by atoms with E-state index in [-0.39, 0.29) is 0 Å². The molecule has 7 heteroatoms. The summed E-state index contributed by atoms with van der Waals surface area (Å²) in [6.45, 7) is 1.33. The number of hydrogen-bond donors (Lipinski definition) is 2. The lowest BCUT2D eigenvalue weighted by Gasteiger charge is -2.12. The van der Waals surface area contributed by atoms with Gasteiger partial charge in [0.05, 0.1) is 19.8 Å². The van der Waals surface area contributed by atoms with Crippen LogP contribution < -0.4 is 15.4 Å². The van der Waals surface area contributed by atoms with Crippen LogP contribution in [0.3, 0.4) is 0 Å². The summed E-state index contributed by atoms with van der Waals surface area (Å²) in [5, 5.41) is 5.97. The third-order valence-corrected chi connectivity index (χ3v) is 3.06. The molecule has 0 bridgehead atoms. The number of ether oxygens (including phenoxy) is 2. The highest BCUT2D eigenvalue weighted by molar-refractivity contribution is 5.35. The van der Waals surface area contributed by atoms with Gasteiger partial charge in [-0.05, 0) is 12.8 Å². The second-order valence-electron chi connectivity index (χ2n) is 4.42. The maximum absolute atomic E-state index is 5.76. The standard InChI is InChI=1S/C12H21N5O2/c1-13-10-15-11(17-12(16-10)18-2)14-7-8-19-9-5-3-4-6-9/h9H,3-8H2,1-2H3,(H2,13,14,15,16,17). The molecule has 1 aromatic rings. The maximum atomic E-state index is 5.76. The third kappa shape index (κ3) is 4.20. The van der Waals surface area contributed by atoms with Crippen molar-refractivity contribution in [3.8, 4) is 6.01 Å². The van der Waals surface area contributed by atoms with Gasteiger partial charge in [-0.3, -0.25) is 0 Å². The first kappa shape index (κ1) is 13.8. The molecule has 106 valence electrons. The molecule has 0 amide bonds. The molecule has 19 heavy (non-hydrogen) atoms. The maximum Gasteiger partial charge on any atom is 0.322 e. The Bertz CT molecular complexity index is 373. The summed E-state index contributed by atoms with van der Waals surface area (Å²) in [7, 11) is 3.28. The van der Waals surface area contributed by atoms with Crippen molar-refractivity contribution >= 4 is 11.9 Å². The first-order chi connectivity index (χ1) is 9.31. The lowest BCUT2D eigenvalue weighted by molar-refractivity contribution is 0.0658. The first-order valence-corrected chi connectivity index (χ1v) is 6.65. The van der Waals surface area contributed by atoms with Crippen LogP contribution in [0.25, 0.3) is 0 Å². The molecule has 0 aliphatic heterocycles. The molecule has 1 aliphatic rings. The Morgan fingerprint density at radius 3 is 2.58 bits per heavy atom. The Morgan fingerprint density at radius 1 is 1.16 bits per heavy atom. The van der Waals surface area contributed by atoms with Crippen LogP contribution in [0.15, 0.2) is 0 Å². The van der Waals surface area contributed by atoms with Gasteiger partial charge in [-0.25, -0.2) is 0 Å². The number of rotatable bonds is 7. The zero-order valence-electron chi connectivity index (χ0n) is 11.5. The lowest BCUT2D eigenvalue weighted by atomic mass is 10.3. The van der Waals surface area contributed by atoms with Gasteiger partial charge in [0.25, 0.3) is 0 Å². The van der Waals surface area contributed by atoms with E-state index in [1.54, 1.807) is 7.05 Å². The van der Waals surface area contributed by atoms with E-state index in [4.69, 9.17) is 9.47 Å². The van der Waals surface area contributed by atoms with Gasteiger partial charge >= 0.3 is 6.01 Å².